The van der Waals surface area contributed by atoms with Gasteiger partial charge in [-0.1, -0.05) is 0 Å². The minimum atomic E-state index is 1.32. The van der Waals surface area contributed by atoms with Crippen LogP contribution in [0.4, 0.5) is 0 Å². The molecule has 0 saturated carbocycles. The van der Waals surface area contributed by atoms with E-state index in [0.717, 1.165) is 0 Å². The molecule has 2 heteroatoms. The third kappa shape index (κ3) is 0.125. The van der Waals surface area contributed by atoms with Gasteiger partial charge in [-0.25, -0.2) is 0 Å². The maximum absolute atomic E-state index is 2.18. The first kappa shape index (κ1) is 2.25. The predicted molar refractivity (Wildman–Crippen MR) is 23.8 cm³/mol. The molecule has 0 atom stereocenters. The molecule has 1 rings (SSSR count). The van der Waals surface area contributed by atoms with Gasteiger partial charge in [-0.05, 0) is 0 Å². The summed E-state index contributed by atoms with van der Waals surface area (Å²) in [5.74, 6) is 2.18. The molecule has 0 amide bonds. The van der Waals surface area contributed by atoms with Crippen molar-refractivity contribution in [2.24, 2.45) is 0 Å². The maximum atomic E-state index is 2.18. The van der Waals surface area contributed by atoms with Crippen molar-refractivity contribution in [1.29, 1.82) is 0 Å². The predicted octanol–water partition coefficient (Wildman–Crippen LogP) is -0.724. The normalized spacial score (nSPS) is 16.0. The SMILES string of the molecule is B1=CCB1. The van der Waals surface area contributed by atoms with Gasteiger partial charge in [0.05, 0.1) is 0 Å². The van der Waals surface area contributed by atoms with Crippen LogP contribution < -0.4 is 0 Å². The molecule has 1 aliphatic heterocycles. The first-order chi connectivity index (χ1) is 2.00. The monoisotopic (exact) mass is 50.0 g/mol. The Labute approximate surface area is 27.3 Å². The summed E-state index contributed by atoms with van der Waals surface area (Å²) in [7, 11) is 1.32. The molecule has 0 saturated heterocycles. The molecule has 0 aliphatic carbocycles. The second-order valence-corrected chi connectivity index (χ2v) is 1.05. The Morgan fingerprint density at radius 3 is 2.25 bits per heavy atom. The fourth-order valence-corrected chi connectivity index (χ4v) is 0.167. The van der Waals surface area contributed by atoms with E-state index in [9.17, 15) is 0 Å². The van der Waals surface area contributed by atoms with E-state index in [2.05, 4.69) is 12.8 Å². The Bertz CT molecular complexity index is 33.3. The van der Waals surface area contributed by atoms with Gasteiger partial charge in [0, 0.05) is 0 Å². The summed E-state index contributed by atoms with van der Waals surface area (Å²) >= 11 is 0. The van der Waals surface area contributed by atoms with Crippen LogP contribution in [0.2, 0.25) is 6.32 Å². The van der Waals surface area contributed by atoms with Gasteiger partial charge in [-0.15, -0.1) is 0 Å². The van der Waals surface area contributed by atoms with E-state index in [4.69, 9.17) is 0 Å². The van der Waals surface area contributed by atoms with Gasteiger partial charge >= 0.3 is 26.3 Å². The summed E-state index contributed by atoms with van der Waals surface area (Å²) in [5.41, 5.74) is 0. The van der Waals surface area contributed by atoms with Crippen molar-refractivity contribution in [2.45, 2.75) is 6.32 Å². The molecule has 0 aromatic rings. The van der Waals surface area contributed by atoms with Crippen molar-refractivity contribution in [3.63, 3.8) is 0 Å². The van der Waals surface area contributed by atoms with Crippen LogP contribution in [-0.2, 0) is 0 Å². The molecule has 18 valence electrons. The molecule has 0 fully saturated rings. The molecule has 0 N–H and O–H groups in total. The Kier molecular flexibility index (Phi) is 0.422. The molecular formula is C2H4B2. The van der Waals surface area contributed by atoms with Crippen LogP contribution in [0.1, 0.15) is 0 Å². The first-order valence-electron chi connectivity index (χ1n) is 1.65. The quantitative estimate of drug-likeness (QED) is 0.318. The summed E-state index contributed by atoms with van der Waals surface area (Å²) in [6.07, 6.45) is 1.32. The third-order valence-corrected chi connectivity index (χ3v) is 0.667. The van der Waals surface area contributed by atoms with E-state index in [1.165, 1.54) is 13.5 Å². The topological polar surface area (TPSA) is 0 Å². The summed E-state index contributed by atoms with van der Waals surface area (Å²) in [4.78, 5) is 0. The van der Waals surface area contributed by atoms with E-state index >= 15 is 0 Å². The van der Waals surface area contributed by atoms with Crippen molar-refractivity contribution in [3.8, 4) is 0 Å². The molecule has 0 bridgehead atoms. The zero-order chi connectivity index (χ0) is 2.83. The van der Waals surface area contributed by atoms with Crippen molar-refractivity contribution < 1.29 is 0 Å². The number of rotatable bonds is 0. The van der Waals surface area contributed by atoms with Crippen LogP contribution in [0.5, 0.6) is 0 Å². The molecule has 4 heavy (non-hydrogen) atoms. The molecule has 0 spiro atoms. The molecule has 0 aromatic heterocycles. The fraction of sp³-hybridized carbons (Fsp3) is 0.500. The second-order valence-electron chi connectivity index (χ2n) is 1.05. The van der Waals surface area contributed by atoms with Crippen molar-refractivity contribution >= 4 is 19.9 Å². The van der Waals surface area contributed by atoms with Gasteiger partial charge in [0.15, 0.2) is 0 Å². The van der Waals surface area contributed by atoms with Crippen LogP contribution in [0.3, 0.4) is 0 Å². The standard InChI is InChI=1S/C2H4B2/c1-2-4-3-1/h1,4H,2H2. The fourth-order valence-electron chi connectivity index (χ4n) is 0.167. The number of hydrogen-bond acceptors (Lipinski definition) is 0. The third-order valence-electron chi connectivity index (χ3n) is 0.667. The van der Waals surface area contributed by atoms with E-state index in [1.807, 2.05) is 0 Å². The van der Waals surface area contributed by atoms with Crippen LogP contribution in [0.15, 0.2) is 0 Å². The first-order valence-corrected chi connectivity index (χ1v) is 1.65. The van der Waals surface area contributed by atoms with Gasteiger partial charge in [0.25, 0.3) is 0 Å². The molecule has 0 radical (unpaired) electrons. The van der Waals surface area contributed by atoms with E-state index in [1.54, 1.807) is 0 Å². The Balaban J connectivity index is 2.47. The summed E-state index contributed by atoms with van der Waals surface area (Å²) < 4.78 is 0. The molecule has 0 aromatic carbocycles. The van der Waals surface area contributed by atoms with Gasteiger partial charge in [-0.3, -0.25) is 0 Å². The van der Waals surface area contributed by atoms with Crippen molar-refractivity contribution in [3.05, 3.63) is 0 Å². The average molecular weight is 49.7 g/mol. The zero-order valence-electron chi connectivity index (χ0n) is 2.57. The van der Waals surface area contributed by atoms with E-state index in [-0.39, 0.29) is 0 Å². The Morgan fingerprint density at radius 2 is 2.25 bits per heavy atom. The minimum absolute atomic E-state index is 1.32. The van der Waals surface area contributed by atoms with Gasteiger partial charge in [0.2, 0.25) is 0 Å². The van der Waals surface area contributed by atoms with Gasteiger partial charge in [0.1, 0.15) is 0 Å². The van der Waals surface area contributed by atoms with Crippen molar-refractivity contribution in [1.82, 2.24) is 0 Å². The summed E-state index contributed by atoms with van der Waals surface area (Å²) in [6, 6.07) is 0. The van der Waals surface area contributed by atoms with Crippen LogP contribution in [0, 0.1) is 0 Å². The van der Waals surface area contributed by atoms with Gasteiger partial charge in [-0.2, -0.15) is 0 Å². The Hall–Kier alpha value is -0.000130. The molecule has 1 aliphatic rings. The average Bonchev–Trinajstić information content (AvgIpc) is 0.722. The van der Waals surface area contributed by atoms with Crippen LogP contribution >= 0.6 is 0 Å². The van der Waals surface area contributed by atoms with E-state index < -0.39 is 0 Å². The molecule has 1 heterocycles. The molecule has 0 unspecified atom stereocenters. The van der Waals surface area contributed by atoms with Crippen LogP contribution in [-0.4, -0.2) is 19.9 Å². The molecular weight excluding hydrogens is 45.6 g/mol. The molecule has 0 nitrogen and oxygen atoms in total. The van der Waals surface area contributed by atoms with E-state index in [0.29, 0.717) is 0 Å². The second kappa shape index (κ2) is 0.750. The Morgan fingerprint density at radius 1 is 2.00 bits per heavy atom. The number of hydrogen-bond donors (Lipinski definition) is 0. The summed E-state index contributed by atoms with van der Waals surface area (Å²) in [5, 5.41) is 0. The van der Waals surface area contributed by atoms with Gasteiger partial charge < -0.3 is 0 Å². The summed E-state index contributed by atoms with van der Waals surface area (Å²) in [6.45, 7) is 2.18. The van der Waals surface area contributed by atoms with Crippen molar-refractivity contribution in [2.75, 3.05) is 0 Å². The van der Waals surface area contributed by atoms with Crippen LogP contribution in [0.25, 0.3) is 0 Å². The zero-order valence-corrected chi connectivity index (χ0v) is 2.57.